The van der Waals surface area contributed by atoms with E-state index in [0.717, 1.165) is 0 Å². The van der Waals surface area contributed by atoms with Gasteiger partial charge in [-0.3, -0.25) is 0 Å². The van der Waals surface area contributed by atoms with E-state index in [-0.39, 0.29) is 17.4 Å². The van der Waals surface area contributed by atoms with E-state index in [2.05, 4.69) is 10.6 Å². The molecule has 0 aliphatic carbocycles. The fourth-order valence-corrected chi connectivity index (χ4v) is 4.34. The third-order valence-electron chi connectivity index (χ3n) is 3.68. The Hall–Kier alpha value is -1.31. The van der Waals surface area contributed by atoms with E-state index in [0.29, 0.717) is 12.8 Å². The molecule has 116 valence electrons. The summed E-state index contributed by atoms with van der Waals surface area (Å²) in [6, 6.07) is -1.63. The molecule has 0 aromatic rings. The van der Waals surface area contributed by atoms with Crippen LogP contribution in [-0.4, -0.2) is 48.6 Å². The molecule has 0 bridgehead atoms. The third kappa shape index (κ3) is 4.36. The minimum atomic E-state index is -3.12. The number of carboxylic acid groups (broad SMARTS) is 1. The number of hydrogen-bond acceptors (Lipinski definition) is 4. The van der Waals surface area contributed by atoms with Crippen molar-refractivity contribution in [3.8, 4) is 0 Å². The molecule has 0 aromatic heterocycles. The molecule has 0 saturated carbocycles. The number of rotatable bonds is 5. The van der Waals surface area contributed by atoms with Gasteiger partial charge in [-0.25, -0.2) is 18.0 Å². The van der Waals surface area contributed by atoms with Gasteiger partial charge in [0.2, 0.25) is 0 Å². The summed E-state index contributed by atoms with van der Waals surface area (Å²) in [6.07, 6.45) is 0.951. The van der Waals surface area contributed by atoms with Gasteiger partial charge in [0, 0.05) is 0 Å². The first-order chi connectivity index (χ1) is 9.08. The maximum absolute atomic E-state index is 11.9. The molecule has 1 unspecified atom stereocenters. The SMILES string of the molecule is CC[C@H](C)[C@H](NC(=O)NC1(C)CCS(=O)(=O)C1)C(=O)O. The molecule has 0 spiro atoms. The molecule has 1 aliphatic rings. The van der Waals surface area contributed by atoms with Crippen molar-refractivity contribution in [1.29, 1.82) is 0 Å². The van der Waals surface area contributed by atoms with E-state index in [1.165, 1.54) is 0 Å². The number of carbonyl (C=O) groups excluding carboxylic acids is 1. The number of aliphatic carboxylic acids is 1. The van der Waals surface area contributed by atoms with Gasteiger partial charge in [0.15, 0.2) is 9.84 Å². The van der Waals surface area contributed by atoms with Crippen molar-refractivity contribution in [3.05, 3.63) is 0 Å². The van der Waals surface area contributed by atoms with Gasteiger partial charge < -0.3 is 15.7 Å². The zero-order valence-corrected chi connectivity index (χ0v) is 12.8. The van der Waals surface area contributed by atoms with Crippen LogP contribution in [0.25, 0.3) is 0 Å². The second kappa shape index (κ2) is 5.99. The molecule has 1 aliphatic heterocycles. The molecule has 1 fully saturated rings. The Morgan fingerprint density at radius 3 is 2.40 bits per heavy atom. The molecule has 1 heterocycles. The van der Waals surface area contributed by atoms with Crippen LogP contribution in [0, 0.1) is 5.92 Å². The van der Waals surface area contributed by atoms with Crippen LogP contribution in [0.3, 0.4) is 0 Å². The van der Waals surface area contributed by atoms with E-state index in [4.69, 9.17) is 5.11 Å². The summed E-state index contributed by atoms with van der Waals surface area (Å²) in [7, 11) is -3.12. The average Bonchev–Trinajstić information content (AvgIpc) is 2.58. The molecular formula is C12H22N2O5S. The molecule has 20 heavy (non-hydrogen) atoms. The van der Waals surface area contributed by atoms with Crippen molar-refractivity contribution in [2.45, 2.75) is 45.2 Å². The van der Waals surface area contributed by atoms with Crippen LogP contribution in [0.1, 0.15) is 33.6 Å². The minimum absolute atomic E-state index is 0.0392. The predicted octanol–water partition coefficient (Wildman–Crippen LogP) is 0.362. The summed E-state index contributed by atoms with van der Waals surface area (Å²) in [5, 5.41) is 14.1. The summed E-state index contributed by atoms with van der Waals surface area (Å²) < 4.78 is 22.9. The van der Waals surface area contributed by atoms with Gasteiger partial charge in [-0.2, -0.15) is 0 Å². The van der Waals surface area contributed by atoms with Crippen molar-refractivity contribution >= 4 is 21.8 Å². The van der Waals surface area contributed by atoms with Crippen molar-refractivity contribution in [2.75, 3.05) is 11.5 Å². The van der Waals surface area contributed by atoms with Crippen molar-refractivity contribution in [1.82, 2.24) is 10.6 Å². The second-order valence-electron chi connectivity index (χ2n) is 5.70. The van der Waals surface area contributed by atoms with Gasteiger partial charge in [0.1, 0.15) is 6.04 Å². The topological polar surface area (TPSA) is 113 Å². The smallest absolute Gasteiger partial charge is 0.326 e. The highest BCUT2D eigenvalue weighted by atomic mass is 32.2. The monoisotopic (exact) mass is 306 g/mol. The Morgan fingerprint density at radius 2 is 2.00 bits per heavy atom. The van der Waals surface area contributed by atoms with Gasteiger partial charge in [-0.05, 0) is 19.3 Å². The molecule has 0 aromatic carbocycles. The number of carbonyl (C=O) groups is 2. The summed E-state index contributed by atoms with van der Waals surface area (Å²) in [4.78, 5) is 23.0. The number of nitrogens with one attached hydrogen (secondary N) is 2. The quantitative estimate of drug-likeness (QED) is 0.679. The highest BCUT2D eigenvalue weighted by molar-refractivity contribution is 7.91. The molecular weight excluding hydrogens is 284 g/mol. The summed E-state index contributed by atoms with van der Waals surface area (Å²) in [5.74, 6) is -1.39. The van der Waals surface area contributed by atoms with E-state index in [1.54, 1.807) is 13.8 Å². The fourth-order valence-electron chi connectivity index (χ4n) is 2.24. The maximum atomic E-state index is 11.9. The van der Waals surface area contributed by atoms with E-state index >= 15 is 0 Å². The lowest BCUT2D eigenvalue weighted by molar-refractivity contribution is -0.140. The Bertz CT molecular complexity index is 490. The lowest BCUT2D eigenvalue weighted by Gasteiger charge is -2.27. The first-order valence-electron chi connectivity index (χ1n) is 6.60. The lowest BCUT2D eigenvalue weighted by atomic mass is 9.99. The zero-order chi connectivity index (χ0) is 15.6. The third-order valence-corrected chi connectivity index (χ3v) is 5.59. The van der Waals surface area contributed by atoms with Crippen LogP contribution in [-0.2, 0) is 14.6 Å². The van der Waals surface area contributed by atoms with Gasteiger partial charge in [-0.1, -0.05) is 20.3 Å². The molecule has 1 saturated heterocycles. The molecule has 8 heteroatoms. The highest BCUT2D eigenvalue weighted by Crippen LogP contribution is 2.22. The molecule has 1 rings (SSSR count). The summed E-state index contributed by atoms with van der Waals surface area (Å²) in [6.45, 7) is 5.22. The average molecular weight is 306 g/mol. The minimum Gasteiger partial charge on any atom is -0.480 e. The standard InChI is InChI=1S/C12H22N2O5S/c1-4-8(2)9(10(15)16)13-11(17)14-12(3)5-6-20(18,19)7-12/h8-9H,4-7H2,1-3H3,(H,15,16)(H2,13,14,17)/t8-,9-,12?/m0/s1. The van der Waals surface area contributed by atoms with Crippen LogP contribution < -0.4 is 10.6 Å². The molecule has 0 radical (unpaired) electrons. The van der Waals surface area contributed by atoms with Crippen LogP contribution in [0.4, 0.5) is 4.79 Å². The summed E-state index contributed by atoms with van der Waals surface area (Å²) in [5.41, 5.74) is -0.832. The number of sulfone groups is 1. The Labute approximate surface area is 119 Å². The fraction of sp³-hybridized carbons (Fsp3) is 0.833. The number of hydrogen-bond donors (Lipinski definition) is 3. The predicted molar refractivity (Wildman–Crippen MR) is 74.2 cm³/mol. The second-order valence-corrected chi connectivity index (χ2v) is 7.89. The normalized spacial score (nSPS) is 27.6. The van der Waals surface area contributed by atoms with E-state index in [1.807, 2.05) is 6.92 Å². The van der Waals surface area contributed by atoms with Crippen molar-refractivity contribution in [2.24, 2.45) is 5.92 Å². The van der Waals surface area contributed by atoms with Gasteiger partial charge in [-0.15, -0.1) is 0 Å². The van der Waals surface area contributed by atoms with E-state index < -0.39 is 33.4 Å². The van der Waals surface area contributed by atoms with Gasteiger partial charge >= 0.3 is 12.0 Å². The number of amides is 2. The van der Waals surface area contributed by atoms with Gasteiger partial charge in [0.05, 0.1) is 17.0 Å². The first-order valence-corrected chi connectivity index (χ1v) is 8.42. The van der Waals surface area contributed by atoms with Crippen LogP contribution in [0.5, 0.6) is 0 Å². The van der Waals surface area contributed by atoms with Crippen LogP contribution in [0.15, 0.2) is 0 Å². The van der Waals surface area contributed by atoms with Crippen molar-refractivity contribution < 1.29 is 23.1 Å². The summed E-state index contributed by atoms with van der Waals surface area (Å²) >= 11 is 0. The Kier molecular flexibility index (Phi) is 5.01. The maximum Gasteiger partial charge on any atom is 0.326 e. The highest BCUT2D eigenvalue weighted by Gasteiger charge is 2.40. The van der Waals surface area contributed by atoms with Crippen LogP contribution in [0.2, 0.25) is 0 Å². The molecule has 3 atom stereocenters. The number of carboxylic acids is 1. The van der Waals surface area contributed by atoms with Crippen LogP contribution >= 0.6 is 0 Å². The lowest BCUT2D eigenvalue weighted by Crippen LogP contribution is -2.55. The zero-order valence-electron chi connectivity index (χ0n) is 12.0. The Balaban J connectivity index is 2.65. The largest absolute Gasteiger partial charge is 0.480 e. The van der Waals surface area contributed by atoms with Gasteiger partial charge in [0.25, 0.3) is 0 Å². The first kappa shape index (κ1) is 16.7. The molecule has 2 amide bonds. The van der Waals surface area contributed by atoms with Crippen molar-refractivity contribution in [3.63, 3.8) is 0 Å². The number of urea groups is 1. The van der Waals surface area contributed by atoms with E-state index in [9.17, 15) is 18.0 Å². The Morgan fingerprint density at radius 1 is 1.40 bits per heavy atom. The molecule has 7 nitrogen and oxygen atoms in total. The molecule has 3 N–H and O–H groups in total.